The third kappa shape index (κ3) is 6.72. The summed E-state index contributed by atoms with van der Waals surface area (Å²) >= 11 is 6.06. The standard InChI is InChI=1S/C37H31ClN2O8/c1-21-15-28(12-14-31(21)40-35(43)29-13-11-27(38)18-30(29)36(40)44)39-34(42)32-16-26(24-7-9-25(10-8-24)37(45)46-2)17-33(48-32)47-20-23-5-3-22(19-41)4-6-23/h3-16,18,26,33,41H,17,19-20H2,1-2H3,(H,39,42)/t26-,33+/m0/s1. The molecule has 2 aliphatic rings. The number of aliphatic hydroxyl groups is 1. The van der Waals surface area contributed by atoms with E-state index >= 15 is 0 Å². The SMILES string of the molecule is COC(=O)c1ccc([C@H]2C=C(C(=O)Nc3ccc(N4C(=O)c5ccc(Cl)cc5C4=O)c(C)c3)O[C@@H](OCc3ccc(CO)cc3)C2)cc1. The number of anilines is 2. The number of rotatable bonds is 9. The highest BCUT2D eigenvalue weighted by Crippen LogP contribution is 2.35. The maximum Gasteiger partial charge on any atom is 0.337 e. The minimum absolute atomic E-state index is 0.0443. The molecule has 2 heterocycles. The highest BCUT2D eigenvalue weighted by molar-refractivity contribution is 6.37. The van der Waals surface area contributed by atoms with Gasteiger partial charge < -0.3 is 24.6 Å². The van der Waals surface area contributed by atoms with Gasteiger partial charge in [0.2, 0.25) is 6.29 Å². The Morgan fingerprint density at radius 3 is 2.33 bits per heavy atom. The van der Waals surface area contributed by atoms with Crippen molar-refractivity contribution in [3.05, 3.63) is 141 Å². The lowest BCUT2D eigenvalue weighted by Gasteiger charge is -2.29. The maximum atomic E-state index is 13.6. The Kier molecular flexibility index (Phi) is 9.40. The molecule has 10 nitrogen and oxygen atoms in total. The lowest BCUT2D eigenvalue weighted by atomic mass is 9.92. The van der Waals surface area contributed by atoms with E-state index in [2.05, 4.69) is 5.32 Å². The summed E-state index contributed by atoms with van der Waals surface area (Å²) in [4.78, 5) is 52.8. The molecule has 244 valence electrons. The smallest absolute Gasteiger partial charge is 0.337 e. The Hall–Kier alpha value is -5.29. The van der Waals surface area contributed by atoms with Crippen molar-refractivity contribution in [1.29, 1.82) is 0 Å². The molecule has 11 heteroatoms. The fourth-order valence-electron chi connectivity index (χ4n) is 5.67. The van der Waals surface area contributed by atoms with Crippen LogP contribution in [-0.2, 0) is 32.2 Å². The molecule has 0 unspecified atom stereocenters. The number of carbonyl (C=O) groups excluding carboxylic acids is 4. The van der Waals surface area contributed by atoms with E-state index in [1.54, 1.807) is 61.5 Å². The number of hydrogen-bond acceptors (Lipinski definition) is 8. The highest BCUT2D eigenvalue weighted by Gasteiger charge is 2.37. The van der Waals surface area contributed by atoms with Crippen LogP contribution < -0.4 is 10.2 Å². The van der Waals surface area contributed by atoms with Gasteiger partial charge in [-0.05, 0) is 83.8 Å². The van der Waals surface area contributed by atoms with Crippen LogP contribution in [0.25, 0.3) is 0 Å². The van der Waals surface area contributed by atoms with Gasteiger partial charge in [-0.1, -0.05) is 48.0 Å². The summed E-state index contributed by atoms with van der Waals surface area (Å²) in [5, 5.41) is 12.5. The van der Waals surface area contributed by atoms with Crippen LogP contribution in [0.15, 0.2) is 96.8 Å². The van der Waals surface area contributed by atoms with Crippen molar-refractivity contribution in [3.63, 3.8) is 0 Å². The van der Waals surface area contributed by atoms with Crippen LogP contribution in [0.2, 0.25) is 5.02 Å². The van der Waals surface area contributed by atoms with E-state index in [0.29, 0.717) is 33.9 Å². The number of allylic oxidation sites excluding steroid dienone is 1. The molecular weight excluding hydrogens is 636 g/mol. The van der Waals surface area contributed by atoms with Gasteiger partial charge in [-0.3, -0.25) is 14.4 Å². The van der Waals surface area contributed by atoms with Gasteiger partial charge in [0.1, 0.15) is 0 Å². The summed E-state index contributed by atoms with van der Waals surface area (Å²) in [6.07, 6.45) is 1.34. The minimum atomic E-state index is -0.773. The van der Waals surface area contributed by atoms with Crippen molar-refractivity contribution >= 4 is 46.7 Å². The predicted octanol–water partition coefficient (Wildman–Crippen LogP) is 6.30. The third-order valence-corrected chi connectivity index (χ3v) is 8.46. The molecule has 4 aromatic rings. The number of carbonyl (C=O) groups is 4. The zero-order valence-corrected chi connectivity index (χ0v) is 26.8. The number of halogens is 1. The zero-order valence-electron chi connectivity index (χ0n) is 26.1. The molecule has 0 spiro atoms. The second-order valence-electron chi connectivity index (χ2n) is 11.4. The van der Waals surface area contributed by atoms with Crippen LogP contribution in [0.4, 0.5) is 11.4 Å². The third-order valence-electron chi connectivity index (χ3n) is 8.23. The van der Waals surface area contributed by atoms with Crippen LogP contribution >= 0.6 is 11.6 Å². The number of hydrogen-bond donors (Lipinski definition) is 2. The van der Waals surface area contributed by atoms with Gasteiger partial charge in [0, 0.05) is 23.0 Å². The molecule has 0 saturated heterocycles. The number of fused-ring (bicyclic) bond motifs is 1. The molecule has 0 aliphatic carbocycles. The molecule has 2 aliphatic heterocycles. The highest BCUT2D eigenvalue weighted by atomic mass is 35.5. The lowest BCUT2D eigenvalue weighted by Crippen LogP contribution is -2.30. The van der Waals surface area contributed by atoms with E-state index in [1.807, 2.05) is 24.3 Å². The fourth-order valence-corrected chi connectivity index (χ4v) is 5.85. The molecule has 4 aromatic carbocycles. The molecule has 2 atom stereocenters. The molecule has 48 heavy (non-hydrogen) atoms. The summed E-state index contributed by atoms with van der Waals surface area (Å²) in [6.45, 7) is 1.89. The average molecular weight is 667 g/mol. The second-order valence-corrected chi connectivity index (χ2v) is 11.8. The Bertz CT molecular complexity index is 1940. The Balaban J connectivity index is 1.21. The number of ether oxygens (including phenoxy) is 3. The number of aliphatic hydroxyl groups excluding tert-OH is 1. The number of imide groups is 1. The topological polar surface area (TPSA) is 131 Å². The molecule has 2 N–H and O–H groups in total. The predicted molar refractivity (Wildman–Crippen MR) is 178 cm³/mol. The van der Waals surface area contributed by atoms with Crippen LogP contribution in [0.5, 0.6) is 0 Å². The fraction of sp³-hybridized carbons (Fsp3) is 0.189. The van der Waals surface area contributed by atoms with Crippen molar-refractivity contribution in [1.82, 2.24) is 0 Å². The van der Waals surface area contributed by atoms with E-state index in [9.17, 15) is 24.3 Å². The van der Waals surface area contributed by atoms with Crippen LogP contribution in [0.1, 0.15) is 65.7 Å². The number of nitrogens with zero attached hydrogens (tertiary/aromatic N) is 1. The van der Waals surface area contributed by atoms with Gasteiger partial charge in [-0.2, -0.15) is 0 Å². The lowest BCUT2D eigenvalue weighted by molar-refractivity contribution is -0.147. The second kappa shape index (κ2) is 13.8. The molecule has 0 fully saturated rings. The number of nitrogens with one attached hydrogen (secondary N) is 1. The summed E-state index contributed by atoms with van der Waals surface area (Å²) in [7, 11) is 1.32. The van der Waals surface area contributed by atoms with E-state index in [1.165, 1.54) is 19.2 Å². The van der Waals surface area contributed by atoms with Gasteiger partial charge in [-0.25, -0.2) is 9.69 Å². The van der Waals surface area contributed by atoms with Crippen molar-refractivity contribution in [3.8, 4) is 0 Å². The van der Waals surface area contributed by atoms with E-state index in [4.69, 9.17) is 25.8 Å². The first-order chi connectivity index (χ1) is 23.1. The molecule has 6 rings (SSSR count). The molecule has 3 amide bonds. The number of aryl methyl sites for hydroxylation is 1. The van der Waals surface area contributed by atoms with Gasteiger partial charge in [0.05, 0.1) is 42.7 Å². The first-order valence-electron chi connectivity index (χ1n) is 15.1. The Morgan fingerprint density at radius 2 is 1.65 bits per heavy atom. The van der Waals surface area contributed by atoms with E-state index in [-0.39, 0.29) is 36.0 Å². The zero-order chi connectivity index (χ0) is 33.9. The first kappa shape index (κ1) is 32.6. The van der Waals surface area contributed by atoms with E-state index in [0.717, 1.165) is 21.6 Å². The summed E-state index contributed by atoms with van der Waals surface area (Å²) < 4.78 is 16.9. The van der Waals surface area contributed by atoms with Crippen LogP contribution in [0.3, 0.4) is 0 Å². The average Bonchev–Trinajstić information content (AvgIpc) is 3.35. The van der Waals surface area contributed by atoms with Crippen molar-refractivity contribution in [2.24, 2.45) is 0 Å². The monoisotopic (exact) mass is 666 g/mol. The number of esters is 1. The quantitative estimate of drug-likeness (QED) is 0.157. The van der Waals surface area contributed by atoms with Gasteiger partial charge >= 0.3 is 5.97 Å². The summed E-state index contributed by atoms with van der Waals surface area (Å²) in [5.74, 6) is -2.13. The Morgan fingerprint density at radius 1 is 0.938 bits per heavy atom. The molecule has 0 radical (unpaired) electrons. The molecular formula is C37H31ClN2O8. The number of amides is 3. The number of methoxy groups -OCH3 is 1. The van der Waals surface area contributed by atoms with Crippen molar-refractivity contribution in [2.45, 2.75) is 38.8 Å². The Labute approximate surface area is 281 Å². The number of benzene rings is 4. The first-order valence-corrected chi connectivity index (χ1v) is 15.5. The van der Waals surface area contributed by atoms with Gasteiger partial charge in [-0.15, -0.1) is 0 Å². The van der Waals surface area contributed by atoms with E-state index < -0.39 is 30.0 Å². The molecule has 0 bridgehead atoms. The van der Waals surface area contributed by atoms with Crippen molar-refractivity contribution in [2.75, 3.05) is 17.3 Å². The van der Waals surface area contributed by atoms with Crippen molar-refractivity contribution < 1.29 is 38.5 Å². The molecule has 0 saturated carbocycles. The largest absolute Gasteiger partial charge is 0.465 e. The normalized spacial score (nSPS) is 17.0. The summed E-state index contributed by atoms with van der Waals surface area (Å²) in [6, 6.07) is 23.7. The van der Waals surface area contributed by atoms with Gasteiger partial charge in [0.15, 0.2) is 5.76 Å². The maximum absolute atomic E-state index is 13.6. The minimum Gasteiger partial charge on any atom is -0.465 e. The summed E-state index contributed by atoms with van der Waals surface area (Å²) in [5.41, 5.74) is 4.81. The molecule has 0 aromatic heterocycles. The van der Waals surface area contributed by atoms with Crippen LogP contribution in [0, 0.1) is 6.92 Å². The van der Waals surface area contributed by atoms with Crippen LogP contribution in [-0.4, -0.2) is 42.2 Å². The van der Waals surface area contributed by atoms with Gasteiger partial charge in [0.25, 0.3) is 17.7 Å².